The van der Waals surface area contributed by atoms with E-state index in [2.05, 4.69) is 15.1 Å². The van der Waals surface area contributed by atoms with Gasteiger partial charge in [0.15, 0.2) is 5.65 Å². The second kappa shape index (κ2) is 7.58. The summed E-state index contributed by atoms with van der Waals surface area (Å²) in [6.07, 6.45) is 5.51. The Kier molecular flexibility index (Phi) is 5.42. The molecule has 26 heavy (non-hydrogen) atoms. The fourth-order valence-electron chi connectivity index (χ4n) is 3.37. The van der Waals surface area contributed by atoms with Crippen molar-refractivity contribution in [3.05, 3.63) is 34.9 Å². The minimum absolute atomic E-state index is 0.0894. The first-order chi connectivity index (χ1) is 12.3. The summed E-state index contributed by atoms with van der Waals surface area (Å²) >= 11 is 0. The van der Waals surface area contributed by atoms with Gasteiger partial charge in [-0.25, -0.2) is 22.6 Å². The molecule has 0 bridgehead atoms. The molecule has 1 amide bonds. The molecular formula is C16H23N5O4S. The van der Waals surface area contributed by atoms with Gasteiger partial charge in [-0.15, -0.1) is 5.10 Å². The van der Waals surface area contributed by atoms with Crippen LogP contribution in [0.5, 0.6) is 0 Å². The van der Waals surface area contributed by atoms with Crippen LogP contribution in [0.3, 0.4) is 0 Å². The van der Waals surface area contributed by atoms with Crippen molar-refractivity contribution in [1.29, 1.82) is 0 Å². The van der Waals surface area contributed by atoms with Gasteiger partial charge < -0.3 is 5.32 Å². The number of carbonyl (C=O) groups is 1. The molecule has 2 heterocycles. The Labute approximate surface area is 151 Å². The van der Waals surface area contributed by atoms with E-state index in [0.717, 1.165) is 25.5 Å². The number of fused-ring (bicyclic) bond motifs is 1. The van der Waals surface area contributed by atoms with Crippen molar-refractivity contribution in [3.8, 4) is 0 Å². The average Bonchev–Trinajstić information content (AvgIpc) is 3.14. The van der Waals surface area contributed by atoms with Gasteiger partial charge in [-0.3, -0.25) is 9.20 Å². The fraction of sp³-hybridized carbons (Fsp3) is 0.562. The molecular weight excluding hydrogens is 358 g/mol. The maximum absolute atomic E-state index is 12.2. The number of hydrogen-bond acceptors (Lipinski definition) is 5. The maximum Gasteiger partial charge on any atom is 0.350 e. The third-order valence-corrected chi connectivity index (χ3v) is 5.36. The number of nitrogens with zero attached hydrogens (tertiary/aromatic N) is 3. The largest absolute Gasteiger partial charge is 0.356 e. The second-order valence-corrected chi connectivity index (χ2v) is 8.46. The lowest BCUT2D eigenvalue weighted by molar-refractivity contribution is -0.121. The smallest absolute Gasteiger partial charge is 0.350 e. The molecule has 0 aliphatic heterocycles. The lowest BCUT2D eigenvalue weighted by Crippen LogP contribution is -2.41. The van der Waals surface area contributed by atoms with Crippen molar-refractivity contribution in [2.24, 2.45) is 5.92 Å². The number of aromatic nitrogens is 3. The van der Waals surface area contributed by atoms with Gasteiger partial charge in [0.25, 0.3) is 0 Å². The van der Waals surface area contributed by atoms with Crippen molar-refractivity contribution in [2.75, 3.05) is 12.8 Å². The molecule has 2 N–H and O–H groups in total. The highest BCUT2D eigenvalue weighted by Gasteiger charge is 2.29. The van der Waals surface area contributed by atoms with Crippen LogP contribution >= 0.6 is 0 Å². The summed E-state index contributed by atoms with van der Waals surface area (Å²) in [5, 5.41) is 7.02. The molecule has 1 aliphatic carbocycles. The Balaban J connectivity index is 1.51. The molecule has 0 spiro atoms. The van der Waals surface area contributed by atoms with E-state index < -0.39 is 10.0 Å². The van der Waals surface area contributed by atoms with Crippen LogP contribution in [0.15, 0.2) is 29.2 Å². The number of sulfonamides is 1. The van der Waals surface area contributed by atoms with E-state index in [1.165, 1.54) is 9.08 Å². The number of pyridine rings is 1. The normalized spacial score (nSPS) is 20.5. The topological polar surface area (TPSA) is 115 Å². The van der Waals surface area contributed by atoms with Crippen LogP contribution in [-0.4, -0.2) is 47.3 Å². The van der Waals surface area contributed by atoms with Gasteiger partial charge in [-0.2, -0.15) is 0 Å². The van der Waals surface area contributed by atoms with Crippen LogP contribution in [0.1, 0.15) is 25.7 Å². The molecule has 1 fully saturated rings. The van der Waals surface area contributed by atoms with E-state index in [1.807, 2.05) is 0 Å². The Morgan fingerprint density at radius 1 is 1.35 bits per heavy atom. The number of carbonyl (C=O) groups excluding carboxylic acids is 1. The molecule has 9 nitrogen and oxygen atoms in total. The molecule has 2 aromatic heterocycles. The molecule has 1 saturated carbocycles. The minimum atomic E-state index is -3.25. The van der Waals surface area contributed by atoms with Crippen LogP contribution in [0.2, 0.25) is 0 Å². The first-order valence-corrected chi connectivity index (χ1v) is 10.5. The number of aryl methyl sites for hydroxylation is 1. The fourth-order valence-corrected chi connectivity index (χ4v) is 4.23. The lowest BCUT2D eigenvalue weighted by Gasteiger charge is -2.20. The zero-order chi connectivity index (χ0) is 18.7. The predicted octanol–water partition coefficient (Wildman–Crippen LogP) is -0.280. The highest BCUT2D eigenvalue weighted by atomic mass is 32.2. The summed E-state index contributed by atoms with van der Waals surface area (Å²) in [6.45, 7) is 0.619. The van der Waals surface area contributed by atoms with Crippen molar-refractivity contribution in [3.63, 3.8) is 0 Å². The van der Waals surface area contributed by atoms with Crippen LogP contribution in [0, 0.1) is 5.92 Å². The van der Waals surface area contributed by atoms with Crippen LogP contribution < -0.4 is 15.7 Å². The summed E-state index contributed by atoms with van der Waals surface area (Å²) in [5.74, 6) is -0.0921. The predicted molar refractivity (Wildman–Crippen MR) is 96.2 cm³/mol. The molecule has 0 radical (unpaired) electrons. The van der Waals surface area contributed by atoms with E-state index in [9.17, 15) is 18.0 Å². The highest BCUT2D eigenvalue weighted by Crippen LogP contribution is 2.25. The molecule has 10 heteroatoms. The number of amides is 1. The summed E-state index contributed by atoms with van der Waals surface area (Å²) in [7, 11) is -3.25. The molecule has 0 saturated heterocycles. The maximum atomic E-state index is 12.2. The van der Waals surface area contributed by atoms with Crippen LogP contribution in [0.25, 0.3) is 5.65 Å². The van der Waals surface area contributed by atoms with E-state index >= 15 is 0 Å². The zero-order valence-electron chi connectivity index (χ0n) is 14.6. The summed E-state index contributed by atoms with van der Waals surface area (Å²) < 4.78 is 28.1. The highest BCUT2D eigenvalue weighted by molar-refractivity contribution is 7.88. The van der Waals surface area contributed by atoms with Gasteiger partial charge >= 0.3 is 5.69 Å². The molecule has 0 unspecified atom stereocenters. The number of nitrogens with one attached hydrogen (secondary N) is 2. The summed E-state index contributed by atoms with van der Waals surface area (Å²) in [5.41, 5.74) is 0.264. The standard InChI is InChI=1S/C16H23N5O4S/c1-26(24,25)19-13-6-4-5-12(13)11-17-15(22)8-10-21-16(23)20-9-3-2-7-14(20)18-21/h2-3,7,9,12-13,19H,4-6,8,10-11H2,1H3,(H,17,22)/t12-,13-/m0/s1. The third kappa shape index (κ3) is 4.50. The van der Waals surface area contributed by atoms with Gasteiger partial charge in [0.2, 0.25) is 15.9 Å². The molecule has 2 atom stereocenters. The first-order valence-electron chi connectivity index (χ1n) is 8.62. The Hall–Kier alpha value is -2.20. The van der Waals surface area contributed by atoms with Gasteiger partial charge in [-0.05, 0) is 30.9 Å². The van der Waals surface area contributed by atoms with Gasteiger partial charge in [0.1, 0.15) is 0 Å². The van der Waals surface area contributed by atoms with Crippen molar-refractivity contribution in [2.45, 2.75) is 38.3 Å². The number of hydrogen-bond donors (Lipinski definition) is 2. The third-order valence-electron chi connectivity index (χ3n) is 4.63. The van der Waals surface area contributed by atoms with Gasteiger partial charge in [0, 0.05) is 25.2 Å². The van der Waals surface area contributed by atoms with Crippen LogP contribution in [0.4, 0.5) is 0 Å². The molecule has 0 aromatic carbocycles. The average molecular weight is 381 g/mol. The minimum Gasteiger partial charge on any atom is -0.356 e. The van der Waals surface area contributed by atoms with E-state index in [-0.39, 0.29) is 36.5 Å². The Morgan fingerprint density at radius 2 is 2.15 bits per heavy atom. The van der Waals surface area contributed by atoms with Gasteiger partial charge in [-0.1, -0.05) is 12.5 Å². The second-order valence-electron chi connectivity index (χ2n) is 6.68. The van der Waals surface area contributed by atoms with E-state index in [0.29, 0.717) is 12.2 Å². The van der Waals surface area contributed by atoms with E-state index in [1.54, 1.807) is 24.4 Å². The SMILES string of the molecule is CS(=O)(=O)N[C@H]1CCC[C@H]1CNC(=O)CCn1nc2ccccn2c1=O. The van der Waals surface area contributed by atoms with Crippen molar-refractivity contribution >= 4 is 21.6 Å². The molecule has 142 valence electrons. The van der Waals surface area contributed by atoms with Crippen LogP contribution in [-0.2, 0) is 21.4 Å². The lowest BCUT2D eigenvalue weighted by atomic mass is 10.0. The molecule has 2 aromatic rings. The Bertz CT molecular complexity index is 949. The molecule has 3 rings (SSSR count). The van der Waals surface area contributed by atoms with Crippen molar-refractivity contribution < 1.29 is 13.2 Å². The first kappa shape index (κ1) is 18.6. The monoisotopic (exact) mass is 381 g/mol. The summed E-state index contributed by atoms with van der Waals surface area (Å²) in [6, 6.07) is 5.13. The molecule has 1 aliphatic rings. The van der Waals surface area contributed by atoms with Crippen molar-refractivity contribution in [1.82, 2.24) is 24.2 Å². The summed E-state index contributed by atoms with van der Waals surface area (Å²) in [4.78, 5) is 24.2. The number of rotatable bonds is 7. The Morgan fingerprint density at radius 3 is 2.88 bits per heavy atom. The quantitative estimate of drug-likeness (QED) is 0.685. The zero-order valence-corrected chi connectivity index (χ0v) is 15.4. The van der Waals surface area contributed by atoms with Gasteiger partial charge in [0.05, 0.1) is 12.8 Å². The van der Waals surface area contributed by atoms with E-state index in [4.69, 9.17) is 0 Å².